The van der Waals surface area contributed by atoms with E-state index < -0.39 is 36.2 Å². The van der Waals surface area contributed by atoms with E-state index in [1.54, 1.807) is 46.0 Å². The zero-order chi connectivity index (χ0) is 31.4. The molecule has 0 bridgehead atoms. The molecule has 2 N–H and O–H groups in total. The van der Waals surface area contributed by atoms with Crippen LogP contribution >= 0.6 is 0 Å². The number of hydrogen-bond acceptors (Lipinski definition) is 9. The Morgan fingerprint density at radius 2 is 1.72 bits per heavy atom. The van der Waals surface area contributed by atoms with Gasteiger partial charge in [0.1, 0.15) is 17.2 Å². The summed E-state index contributed by atoms with van der Waals surface area (Å²) in [6.07, 6.45) is 2.66. The van der Waals surface area contributed by atoms with Crippen molar-refractivity contribution in [2.24, 2.45) is 17.3 Å². The topological polar surface area (TPSA) is 124 Å². The summed E-state index contributed by atoms with van der Waals surface area (Å²) in [6.45, 7) is 8.40. The molecule has 1 aliphatic carbocycles. The first-order valence-corrected chi connectivity index (χ1v) is 14.3. The molecule has 4 rings (SSSR count). The lowest BCUT2D eigenvalue weighted by Crippen LogP contribution is -2.37. The fourth-order valence-corrected chi connectivity index (χ4v) is 5.08. The number of carbonyl (C=O) groups is 2. The minimum absolute atomic E-state index is 0.113. The molecule has 3 aromatic rings. The van der Waals surface area contributed by atoms with Gasteiger partial charge in [0.2, 0.25) is 6.79 Å². The van der Waals surface area contributed by atoms with Crippen molar-refractivity contribution in [3.63, 3.8) is 0 Å². The van der Waals surface area contributed by atoms with E-state index in [1.807, 2.05) is 19.1 Å². The van der Waals surface area contributed by atoms with Crippen molar-refractivity contribution in [1.29, 1.82) is 0 Å². The molecule has 3 heterocycles. The van der Waals surface area contributed by atoms with Gasteiger partial charge in [0.25, 0.3) is 6.43 Å². The molecule has 0 spiro atoms. The lowest BCUT2D eigenvalue weighted by Gasteiger charge is -2.37. The van der Waals surface area contributed by atoms with Gasteiger partial charge in [-0.1, -0.05) is 0 Å². The van der Waals surface area contributed by atoms with Crippen molar-refractivity contribution >= 4 is 23.6 Å². The number of alkyl halides is 2. The van der Waals surface area contributed by atoms with Crippen LogP contribution in [0.2, 0.25) is 0 Å². The number of halogens is 2. The molecule has 0 saturated heterocycles. The van der Waals surface area contributed by atoms with E-state index in [-0.39, 0.29) is 23.2 Å². The minimum Gasteiger partial charge on any atom is -0.428 e. The zero-order valence-corrected chi connectivity index (χ0v) is 25.1. The number of nitrogens with one attached hydrogen (secondary N) is 1. The van der Waals surface area contributed by atoms with Crippen molar-refractivity contribution in [2.45, 2.75) is 72.3 Å². The van der Waals surface area contributed by atoms with E-state index in [2.05, 4.69) is 20.3 Å². The minimum atomic E-state index is -2.60. The van der Waals surface area contributed by atoms with E-state index >= 15 is 0 Å². The maximum Gasteiger partial charge on any atom is 0.314 e. The lowest BCUT2D eigenvalue weighted by atomic mass is 9.73. The number of nitrogens with zero attached hydrogens (tertiary/aromatic N) is 3. The highest BCUT2D eigenvalue weighted by molar-refractivity contribution is 5.76. The molecular formula is C32H38F2N4O5. The molecular weight excluding hydrogens is 558 g/mol. The number of hydrogen-bond donors (Lipinski definition) is 2. The molecule has 0 aromatic carbocycles. The largest absolute Gasteiger partial charge is 0.428 e. The molecule has 0 amide bonds. The van der Waals surface area contributed by atoms with Crippen LogP contribution in [-0.2, 0) is 24.7 Å². The van der Waals surface area contributed by atoms with E-state index in [9.17, 15) is 23.5 Å². The summed E-state index contributed by atoms with van der Waals surface area (Å²) in [4.78, 5) is 37.6. The molecule has 1 atom stereocenters. The van der Waals surface area contributed by atoms with Crippen molar-refractivity contribution in [3.05, 3.63) is 65.6 Å². The van der Waals surface area contributed by atoms with Gasteiger partial charge in [-0.3, -0.25) is 14.6 Å². The molecule has 11 heteroatoms. The smallest absolute Gasteiger partial charge is 0.314 e. The number of pyridine rings is 3. The van der Waals surface area contributed by atoms with Crippen LogP contribution in [0.25, 0.3) is 11.3 Å². The van der Waals surface area contributed by atoms with Crippen LogP contribution in [0.5, 0.6) is 0 Å². The standard InChI is InChI=1S/C32H38F2N4O5/c1-19-14-24(37-27(15-19)38-26-16-21(28(33)34)12-13-35-26)22-8-11-25(36-17-22)32(5,41)23-9-6-20(7-10-23)29(39)42-18-43-30(40)31(2,3)4/h8,11-17,20,23,28,41H,6-7,9-10,18H2,1-5H3,(H,35,37,38)/t20-,23-,32-/m1/s1. The van der Waals surface area contributed by atoms with Crippen molar-refractivity contribution in [3.8, 4) is 11.3 Å². The van der Waals surface area contributed by atoms with Crippen LogP contribution < -0.4 is 5.32 Å². The van der Waals surface area contributed by atoms with Crippen molar-refractivity contribution in [1.82, 2.24) is 15.0 Å². The molecule has 1 saturated carbocycles. The SMILES string of the molecule is Cc1cc(Nc2cc(C(F)F)ccn2)nc(-c2ccc([C@](C)(O)[C@H]3CC[C@H](C(=O)OCOC(=O)C(C)(C)C)CC3)nc2)c1. The van der Waals surface area contributed by atoms with Gasteiger partial charge in [-0.25, -0.2) is 18.7 Å². The molecule has 0 radical (unpaired) electrons. The van der Waals surface area contributed by atoms with Crippen LogP contribution in [-0.4, -0.2) is 38.8 Å². The third-order valence-electron chi connectivity index (χ3n) is 7.70. The number of anilines is 2. The number of carbonyl (C=O) groups excluding carboxylic acids is 2. The highest BCUT2D eigenvalue weighted by atomic mass is 19.3. The number of aliphatic hydroxyl groups is 1. The lowest BCUT2D eigenvalue weighted by molar-refractivity contribution is -0.176. The Kier molecular flexibility index (Phi) is 9.74. The van der Waals surface area contributed by atoms with Gasteiger partial charge in [0, 0.05) is 23.5 Å². The number of esters is 2. The first kappa shape index (κ1) is 31.9. The Morgan fingerprint density at radius 3 is 2.35 bits per heavy atom. The number of ether oxygens (including phenoxy) is 2. The molecule has 1 aliphatic rings. The van der Waals surface area contributed by atoms with Crippen LogP contribution in [0, 0.1) is 24.2 Å². The van der Waals surface area contributed by atoms with Gasteiger partial charge in [-0.05, 0) is 108 Å². The highest BCUT2D eigenvalue weighted by Gasteiger charge is 2.39. The fourth-order valence-electron chi connectivity index (χ4n) is 5.08. The van der Waals surface area contributed by atoms with Gasteiger partial charge < -0.3 is 19.9 Å². The summed E-state index contributed by atoms with van der Waals surface area (Å²) in [7, 11) is 0. The molecule has 9 nitrogen and oxygen atoms in total. The first-order chi connectivity index (χ1) is 20.2. The summed E-state index contributed by atoms with van der Waals surface area (Å²) >= 11 is 0. The van der Waals surface area contributed by atoms with E-state index in [1.165, 1.54) is 18.3 Å². The van der Waals surface area contributed by atoms with Crippen molar-refractivity contribution in [2.75, 3.05) is 12.1 Å². The predicted octanol–water partition coefficient (Wildman–Crippen LogP) is 6.63. The molecule has 1 fully saturated rings. The predicted molar refractivity (Wildman–Crippen MR) is 156 cm³/mol. The quantitative estimate of drug-likeness (QED) is 0.207. The molecule has 0 unspecified atom stereocenters. The molecule has 230 valence electrons. The highest BCUT2D eigenvalue weighted by Crippen LogP contribution is 2.41. The fraction of sp³-hybridized carbons (Fsp3) is 0.469. The van der Waals surface area contributed by atoms with Gasteiger partial charge in [-0.15, -0.1) is 0 Å². The van der Waals surface area contributed by atoms with E-state index in [0.717, 1.165) is 11.1 Å². The van der Waals surface area contributed by atoms with Crippen molar-refractivity contribution < 1.29 is 33.0 Å². The summed E-state index contributed by atoms with van der Waals surface area (Å²) in [5, 5.41) is 14.5. The van der Waals surface area contributed by atoms with Crippen LogP contribution in [0.4, 0.5) is 20.4 Å². The Morgan fingerprint density at radius 1 is 1.00 bits per heavy atom. The molecule has 0 aliphatic heterocycles. The maximum atomic E-state index is 13.1. The second-order valence-corrected chi connectivity index (χ2v) is 12.2. The van der Waals surface area contributed by atoms with Crippen LogP contribution in [0.15, 0.2) is 48.8 Å². The van der Waals surface area contributed by atoms with Gasteiger partial charge in [0.15, 0.2) is 0 Å². The Hall–Kier alpha value is -3.99. The van der Waals surface area contributed by atoms with E-state index in [0.29, 0.717) is 42.9 Å². The summed E-state index contributed by atoms with van der Waals surface area (Å²) in [5.74, 6) is -0.564. The third kappa shape index (κ3) is 8.10. The Bertz CT molecular complexity index is 1430. The second-order valence-electron chi connectivity index (χ2n) is 12.2. The number of aryl methyl sites for hydroxylation is 1. The second kappa shape index (κ2) is 13.1. The maximum absolute atomic E-state index is 13.1. The van der Waals surface area contributed by atoms with Gasteiger partial charge >= 0.3 is 11.9 Å². The van der Waals surface area contributed by atoms with Gasteiger partial charge in [0.05, 0.1) is 22.7 Å². The first-order valence-electron chi connectivity index (χ1n) is 14.3. The van der Waals surface area contributed by atoms with Gasteiger partial charge in [-0.2, -0.15) is 0 Å². The normalized spacial score (nSPS) is 18.5. The Labute approximate surface area is 250 Å². The average Bonchev–Trinajstić information content (AvgIpc) is 2.96. The van der Waals surface area contributed by atoms with Crippen LogP contribution in [0.1, 0.15) is 76.6 Å². The molecule has 43 heavy (non-hydrogen) atoms. The monoisotopic (exact) mass is 596 g/mol. The molecule has 3 aromatic heterocycles. The summed E-state index contributed by atoms with van der Waals surface area (Å²) < 4.78 is 36.4. The zero-order valence-electron chi connectivity index (χ0n) is 25.1. The van der Waals surface area contributed by atoms with Crippen LogP contribution in [0.3, 0.4) is 0 Å². The summed E-state index contributed by atoms with van der Waals surface area (Å²) in [5.41, 5.74) is 0.724. The third-order valence-corrected chi connectivity index (χ3v) is 7.70. The van der Waals surface area contributed by atoms with E-state index in [4.69, 9.17) is 9.47 Å². The number of aromatic nitrogens is 3. The Balaban J connectivity index is 1.37. The number of rotatable bonds is 9. The summed E-state index contributed by atoms with van der Waals surface area (Å²) in [6, 6.07) is 9.82. The average molecular weight is 597 g/mol.